The Balaban J connectivity index is 3.28. The molecule has 0 spiro atoms. The van der Waals surface area contributed by atoms with E-state index in [1.807, 2.05) is 41.5 Å². The topological polar surface area (TPSA) is 323 Å². The lowest BCUT2D eigenvalue weighted by Gasteiger charge is -2.34. The highest BCUT2D eigenvalue weighted by Gasteiger charge is 2.41. The standard InChI is InChI=1S/C58H107N11O11/c1-15-17-18-19-20-24-28-42(65-54(79)57(11,12)69-55(80)58(13,14)68-52(77)45(35-41-26-22-21-23-27-41)63-48(73)40(8)62-46(71)25-16-2)50(75)64-44(34-38(5)6)51(76)67-56(9,10)53(78)66-43(33-37(3)4)49(74)60-30-29-47(72)61-39(7)36-59-31-32-70/h37-45,59,70H,15-36H2,1-14H3,(H,60,74)(H,61,72)(H,62,71)(H,63,73)(H,64,75)(H,65,79)(H,66,78)(H,67,76)(H,68,77)(H,69,80)/t39-,40-,42-,43-,44-,45-/m0/s1. The third-order valence-electron chi connectivity index (χ3n) is 14.1. The van der Waals surface area contributed by atoms with Gasteiger partial charge in [0.2, 0.25) is 59.1 Å². The number of hydrogen-bond donors (Lipinski definition) is 12. The average molecular weight is 1130 g/mol. The summed E-state index contributed by atoms with van der Waals surface area (Å²) < 4.78 is 0. The van der Waals surface area contributed by atoms with Crippen LogP contribution in [0.1, 0.15) is 213 Å². The molecule has 12 N–H and O–H groups in total. The predicted molar refractivity (Wildman–Crippen MR) is 310 cm³/mol. The van der Waals surface area contributed by atoms with E-state index >= 15 is 0 Å². The zero-order valence-electron chi connectivity index (χ0n) is 51.3. The van der Waals surface area contributed by atoms with Crippen LogP contribution in [0.3, 0.4) is 0 Å². The molecule has 80 heavy (non-hydrogen) atoms. The summed E-state index contributed by atoms with van der Waals surface area (Å²) in [5, 5.41) is 39.7. The Morgan fingerprint density at radius 3 is 1.55 bits per heavy atom. The molecule has 0 heterocycles. The van der Waals surface area contributed by atoms with Gasteiger partial charge in [0.05, 0.1) is 6.61 Å². The van der Waals surface area contributed by atoms with Gasteiger partial charge in [-0.25, -0.2) is 0 Å². The van der Waals surface area contributed by atoms with E-state index in [0.717, 1.165) is 64.2 Å². The van der Waals surface area contributed by atoms with Crippen LogP contribution in [-0.2, 0) is 47.9 Å². The summed E-state index contributed by atoms with van der Waals surface area (Å²) in [6.45, 7) is 24.5. The van der Waals surface area contributed by atoms with Gasteiger partial charge in [-0.05, 0) is 105 Å². The molecule has 1 saturated carbocycles. The van der Waals surface area contributed by atoms with E-state index in [4.69, 9.17) is 5.11 Å². The van der Waals surface area contributed by atoms with Crippen LogP contribution < -0.4 is 58.5 Å². The molecular weight excluding hydrogens is 1030 g/mol. The molecule has 0 radical (unpaired) electrons. The van der Waals surface area contributed by atoms with Crippen LogP contribution in [0.25, 0.3) is 0 Å². The lowest BCUT2D eigenvalue weighted by Crippen LogP contribution is -2.66. The number of amides is 10. The number of rotatable bonds is 39. The van der Waals surface area contributed by atoms with Crippen molar-refractivity contribution in [2.75, 3.05) is 26.2 Å². The van der Waals surface area contributed by atoms with E-state index in [9.17, 15) is 47.9 Å². The van der Waals surface area contributed by atoms with E-state index in [0.29, 0.717) is 32.4 Å². The number of nitrogens with one attached hydrogen (secondary N) is 11. The highest BCUT2D eigenvalue weighted by Crippen LogP contribution is 2.28. The fourth-order valence-corrected chi connectivity index (χ4v) is 9.26. The molecule has 1 aliphatic rings. The third kappa shape index (κ3) is 28.9. The Kier molecular flexibility index (Phi) is 33.5. The van der Waals surface area contributed by atoms with Gasteiger partial charge in [-0.3, -0.25) is 47.9 Å². The van der Waals surface area contributed by atoms with Crippen molar-refractivity contribution in [3.63, 3.8) is 0 Å². The molecule has 0 unspecified atom stereocenters. The number of unbranched alkanes of at least 4 members (excludes halogenated alkanes) is 5. The smallest absolute Gasteiger partial charge is 0.246 e. The molecule has 0 aromatic heterocycles. The van der Waals surface area contributed by atoms with Gasteiger partial charge >= 0.3 is 0 Å². The molecule has 22 heteroatoms. The Morgan fingerprint density at radius 2 is 0.988 bits per heavy atom. The molecule has 0 aromatic carbocycles. The fraction of sp³-hybridized carbons (Fsp3) is 0.828. The molecule has 1 fully saturated rings. The van der Waals surface area contributed by atoms with Crippen LogP contribution >= 0.6 is 0 Å². The zero-order chi connectivity index (χ0) is 60.8. The summed E-state index contributed by atoms with van der Waals surface area (Å²) in [6, 6.07) is -5.41. The molecular formula is C58H107N11O11. The maximum absolute atomic E-state index is 14.4. The lowest BCUT2D eigenvalue weighted by atomic mass is 9.84. The van der Waals surface area contributed by atoms with Crippen LogP contribution in [0.4, 0.5) is 0 Å². The van der Waals surface area contributed by atoms with Crippen molar-refractivity contribution in [1.82, 2.24) is 58.5 Å². The number of aliphatic hydroxyl groups is 1. The van der Waals surface area contributed by atoms with Crippen molar-refractivity contribution < 1.29 is 53.1 Å². The highest BCUT2D eigenvalue weighted by atomic mass is 16.3. The van der Waals surface area contributed by atoms with Gasteiger partial charge in [-0.1, -0.05) is 112 Å². The minimum atomic E-state index is -1.64. The monoisotopic (exact) mass is 1130 g/mol. The van der Waals surface area contributed by atoms with Crippen molar-refractivity contribution in [2.24, 2.45) is 17.8 Å². The first kappa shape index (κ1) is 72.6. The highest BCUT2D eigenvalue weighted by molar-refractivity contribution is 6.00. The minimum absolute atomic E-state index is 0.00476. The number of hydrogen-bond acceptors (Lipinski definition) is 12. The maximum atomic E-state index is 14.4. The summed E-state index contributed by atoms with van der Waals surface area (Å²) in [6.07, 6.45) is 12.0. The summed E-state index contributed by atoms with van der Waals surface area (Å²) in [5.74, 6) is -5.55. The van der Waals surface area contributed by atoms with Crippen molar-refractivity contribution in [1.29, 1.82) is 0 Å². The summed E-state index contributed by atoms with van der Waals surface area (Å²) in [4.78, 5) is 136. The van der Waals surface area contributed by atoms with E-state index in [2.05, 4.69) is 65.4 Å². The van der Waals surface area contributed by atoms with Gasteiger partial charge in [0, 0.05) is 38.5 Å². The molecule has 0 aliphatic heterocycles. The van der Waals surface area contributed by atoms with E-state index < -0.39 is 94.1 Å². The van der Waals surface area contributed by atoms with Crippen LogP contribution in [-0.4, -0.2) is 143 Å². The normalized spacial score (nSPS) is 15.5. The molecule has 1 aliphatic carbocycles. The van der Waals surface area contributed by atoms with Crippen molar-refractivity contribution in [3.8, 4) is 0 Å². The Morgan fingerprint density at radius 1 is 0.487 bits per heavy atom. The molecule has 1 rings (SSSR count). The largest absolute Gasteiger partial charge is 0.395 e. The molecule has 22 nitrogen and oxygen atoms in total. The summed E-state index contributed by atoms with van der Waals surface area (Å²) in [7, 11) is 0. The van der Waals surface area contributed by atoms with Gasteiger partial charge < -0.3 is 63.6 Å². The SMILES string of the molecule is CCCCCCCC[C@H](NC(=O)C(C)(C)NC(=O)C(C)(C)NC(=O)[C@H](CC1CCCCC1)NC(=O)[C@H](C)NC(=O)CCC)C(=O)N[C@@H](CC(C)C)C(=O)NC(C)(C)C(=O)N[C@@H](CC(C)C)C(=O)NCCC(=O)N[C@@H](C)CNCCO. The lowest BCUT2D eigenvalue weighted by molar-refractivity contribution is -0.139. The van der Waals surface area contributed by atoms with E-state index in [1.165, 1.54) is 41.5 Å². The average Bonchev–Trinajstić information content (AvgIpc) is 3.35. The van der Waals surface area contributed by atoms with Crippen molar-refractivity contribution in [2.45, 2.75) is 265 Å². The number of carbonyl (C=O) groups excluding carboxylic acids is 10. The third-order valence-corrected chi connectivity index (χ3v) is 14.1. The Hall–Kier alpha value is -5.38. The van der Waals surface area contributed by atoms with Gasteiger partial charge in [0.1, 0.15) is 46.8 Å². The fourth-order valence-electron chi connectivity index (χ4n) is 9.26. The minimum Gasteiger partial charge on any atom is -0.395 e. The second-order valence-corrected chi connectivity index (χ2v) is 24.5. The maximum Gasteiger partial charge on any atom is 0.246 e. The molecule has 460 valence electrons. The van der Waals surface area contributed by atoms with Crippen molar-refractivity contribution >= 4 is 59.1 Å². The first-order valence-electron chi connectivity index (χ1n) is 29.8. The number of carbonyl (C=O) groups is 10. The quantitative estimate of drug-likeness (QED) is 0.0395. The first-order chi connectivity index (χ1) is 37.4. The van der Waals surface area contributed by atoms with Crippen LogP contribution in [0.2, 0.25) is 0 Å². The molecule has 0 saturated heterocycles. The van der Waals surface area contributed by atoms with Gasteiger partial charge in [-0.15, -0.1) is 0 Å². The van der Waals surface area contributed by atoms with E-state index in [-0.39, 0.29) is 80.9 Å². The van der Waals surface area contributed by atoms with Crippen LogP contribution in [0.15, 0.2) is 0 Å². The summed E-state index contributed by atoms with van der Waals surface area (Å²) in [5.41, 5.74) is -4.81. The molecule has 10 amide bonds. The van der Waals surface area contributed by atoms with Crippen LogP contribution in [0.5, 0.6) is 0 Å². The predicted octanol–water partition coefficient (Wildman–Crippen LogP) is 3.32. The molecule has 0 aromatic rings. The van der Waals surface area contributed by atoms with Gasteiger partial charge in [0.15, 0.2) is 0 Å². The Labute approximate surface area is 478 Å². The van der Waals surface area contributed by atoms with Gasteiger partial charge in [0.25, 0.3) is 0 Å². The number of aliphatic hydroxyl groups excluding tert-OH is 1. The Bertz CT molecular complexity index is 1990. The first-order valence-corrected chi connectivity index (χ1v) is 29.8. The van der Waals surface area contributed by atoms with Crippen molar-refractivity contribution in [3.05, 3.63) is 0 Å². The molecule has 0 bridgehead atoms. The van der Waals surface area contributed by atoms with Gasteiger partial charge in [-0.2, -0.15) is 0 Å². The second-order valence-electron chi connectivity index (χ2n) is 24.5. The second kappa shape index (κ2) is 36.9. The summed E-state index contributed by atoms with van der Waals surface area (Å²) >= 11 is 0. The van der Waals surface area contributed by atoms with E-state index in [1.54, 1.807) is 6.92 Å². The van der Waals surface area contributed by atoms with Crippen LogP contribution in [0, 0.1) is 17.8 Å². The zero-order valence-corrected chi connectivity index (χ0v) is 51.3. The molecule has 6 atom stereocenters.